The van der Waals surface area contributed by atoms with Crippen molar-refractivity contribution in [1.82, 2.24) is 4.90 Å². The van der Waals surface area contributed by atoms with Crippen LogP contribution in [0, 0.1) is 10.1 Å². The number of hydrogen-bond acceptors (Lipinski definition) is 6. The van der Waals surface area contributed by atoms with Crippen LogP contribution >= 0.6 is 34.7 Å². The molecule has 0 unspecified atom stereocenters. The van der Waals surface area contributed by atoms with E-state index >= 15 is 0 Å². The minimum absolute atomic E-state index is 0.0341. The number of carbonyl (C=O) groups excluding carboxylic acids is 2. The number of thioether (sulfide) groups is 1. The molecule has 0 aliphatic carbocycles. The van der Waals surface area contributed by atoms with Gasteiger partial charge in [-0.1, -0.05) is 11.6 Å². The highest BCUT2D eigenvalue weighted by Gasteiger charge is 2.19. The van der Waals surface area contributed by atoms with Crippen LogP contribution in [0.5, 0.6) is 0 Å². The zero-order chi connectivity index (χ0) is 18.6. The summed E-state index contributed by atoms with van der Waals surface area (Å²) in [4.78, 5) is 36.7. The Morgan fingerprint density at radius 2 is 2.08 bits per heavy atom. The maximum atomic E-state index is 12.2. The van der Waals surface area contributed by atoms with E-state index in [1.54, 1.807) is 13.1 Å². The van der Waals surface area contributed by atoms with Gasteiger partial charge < -0.3 is 10.6 Å². The maximum absolute atomic E-state index is 12.2. The van der Waals surface area contributed by atoms with Gasteiger partial charge in [0, 0.05) is 23.6 Å². The van der Waals surface area contributed by atoms with Crippen LogP contribution in [0.3, 0.4) is 0 Å². The molecule has 0 atom stereocenters. The molecular formula is C15H14ClN3O4S2. The van der Waals surface area contributed by atoms with E-state index in [0.29, 0.717) is 15.8 Å². The summed E-state index contributed by atoms with van der Waals surface area (Å²) in [5.74, 6) is -0.889. The molecule has 0 fully saturated rings. The van der Waals surface area contributed by atoms with E-state index in [1.807, 2.05) is 6.07 Å². The average Bonchev–Trinajstić information content (AvgIpc) is 2.96. The summed E-state index contributed by atoms with van der Waals surface area (Å²) in [5.41, 5.74) is 4.93. The Bertz CT molecular complexity index is 825. The van der Waals surface area contributed by atoms with Crippen LogP contribution in [0.1, 0.15) is 15.2 Å². The zero-order valence-corrected chi connectivity index (χ0v) is 15.5. The molecule has 1 aromatic heterocycles. The van der Waals surface area contributed by atoms with E-state index in [2.05, 4.69) is 0 Å². The van der Waals surface area contributed by atoms with Gasteiger partial charge in [-0.2, -0.15) is 0 Å². The third-order valence-corrected chi connectivity index (χ3v) is 5.50. The predicted octanol–water partition coefficient (Wildman–Crippen LogP) is 3.16. The van der Waals surface area contributed by atoms with Crippen LogP contribution in [0.2, 0.25) is 4.34 Å². The molecule has 10 heteroatoms. The SMILES string of the molecule is CN(Cc1ccc(Cl)s1)C(=O)CSc1ccc(C(N)=O)cc1[N+](=O)[O-]. The molecule has 2 aromatic rings. The first-order valence-corrected chi connectivity index (χ1v) is 9.15. The molecular weight excluding hydrogens is 386 g/mol. The Balaban J connectivity index is 2.03. The van der Waals surface area contributed by atoms with Crippen molar-refractivity contribution in [2.75, 3.05) is 12.8 Å². The van der Waals surface area contributed by atoms with Crippen LogP contribution < -0.4 is 5.73 Å². The zero-order valence-electron chi connectivity index (χ0n) is 13.1. The first-order chi connectivity index (χ1) is 11.8. The van der Waals surface area contributed by atoms with Crippen LogP contribution in [0.25, 0.3) is 0 Å². The topological polar surface area (TPSA) is 107 Å². The van der Waals surface area contributed by atoms with Gasteiger partial charge in [0.15, 0.2) is 0 Å². The highest BCUT2D eigenvalue weighted by atomic mass is 35.5. The van der Waals surface area contributed by atoms with Gasteiger partial charge in [0.25, 0.3) is 5.69 Å². The summed E-state index contributed by atoms with van der Waals surface area (Å²) < 4.78 is 0.649. The lowest BCUT2D eigenvalue weighted by Crippen LogP contribution is -2.27. The Morgan fingerprint density at radius 1 is 1.36 bits per heavy atom. The van der Waals surface area contributed by atoms with Gasteiger partial charge in [0.1, 0.15) is 0 Å². The number of primary amides is 1. The quantitative estimate of drug-likeness (QED) is 0.437. The van der Waals surface area contributed by atoms with E-state index in [4.69, 9.17) is 17.3 Å². The van der Waals surface area contributed by atoms with Gasteiger partial charge in [-0.25, -0.2) is 0 Å². The number of hydrogen-bond donors (Lipinski definition) is 1. The van der Waals surface area contributed by atoms with Crippen molar-refractivity contribution in [2.24, 2.45) is 5.73 Å². The van der Waals surface area contributed by atoms with Crippen molar-refractivity contribution in [3.63, 3.8) is 0 Å². The molecule has 2 rings (SSSR count). The second-order valence-corrected chi connectivity index (χ2v) is 7.86. The normalized spacial score (nSPS) is 10.5. The fraction of sp³-hybridized carbons (Fsp3) is 0.200. The molecule has 0 aliphatic rings. The summed E-state index contributed by atoms with van der Waals surface area (Å²) in [6, 6.07) is 7.55. The lowest BCUT2D eigenvalue weighted by molar-refractivity contribution is -0.387. The number of halogens is 1. The summed E-state index contributed by atoms with van der Waals surface area (Å²) in [6.07, 6.45) is 0. The molecule has 132 valence electrons. The van der Waals surface area contributed by atoms with E-state index in [0.717, 1.165) is 22.7 Å². The van der Waals surface area contributed by atoms with Gasteiger partial charge in [0.05, 0.1) is 26.5 Å². The molecule has 25 heavy (non-hydrogen) atoms. The summed E-state index contributed by atoms with van der Waals surface area (Å²) >= 11 is 8.29. The number of nitrogens with two attached hydrogens (primary N) is 1. The second-order valence-electron chi connectivity index (χ2n) is 5.05. The molecule has 0 bridgehead atoms. The van der Waals surface area contributed by atoms with E-state index in [1.165, 1.54) is 28.4 Å². The second kappa shape index (κ2) is 8.32. The predicted molar refractivity (Wildman–Crippen MR) is 98.1 cm³/mol. The number of thiophene rings is 1. The number of amides is 2. The van der Waals surface area contributed by atoms with Gasteiger partial charge in [0.2, 0.25) is 11.8 Å². The number of nitro groups is 1. The van der Waals surface area contributed by atoms with E-state index < -0.39 is 10.8 Å². The highest BCUT2D eigenvalue weighted by Crippen LogP contribution is 2.30. The molecule has 0 radical (unpaired) electrons. The molecule has 7 nitrogen and oxygen atoms in total. The van der Waals surface area contributed by atoms with Gasteiger partial charge in [-0.3, -0.25) is 19.7 Å². The molecule has 2 amide bonds. The number of carbonyl (C=O) groups is 2. The van der Waals surface area contributed by atoms with Crippen molar-refractivity contribution < 1.29 is 14.5 Å². The molecule has 1 aromatic carbocycles. The molecule has 0 saturated heterocycles. The van der Waals surface area contributed by atoms with Gasteiger partial charge in [-0.15, -0.1) is 23.1 Å². The minimum Gasteiger partial charge on any atom is -0.366 e. The monoisotopic (exact) mass is 399 g/mol. The van der Waals surface area contributed by atoms with Crippen molar-refractivity contribution >= 4 is 52.2 Å². The number of rotatable bonds is 7. The first kappa shape index (κ1) is 19.2. The van der Waals surface area contributed by atoms with Crippen LogP contribution in [-0.2, 0) is 11.3 Å². The van der Waals surface area contributed by atoms with Gasteiger partial charge in [-0.05, 0) is 24.3 Å². The van der Waals surface area contributed by atoms with E-state index in [9.17, 15) is 19.7 Å². The Morgan fingerprint density at radius 3 is 2.64 bits per heavy atom. The Labute approximate surface area is 156 Å². The van der Waals surface area contributed by atoms with Gasteiger partial charge >= 0.3 is 0 Å². The lowest BCUT2D eigenvalue weighted by Gasteiger charge is -2.16. The van der Waals surface area contributed by atoms with Crippen LogP contribution in [0.15, 0.2) is 35.2 Å². The van der Waals surface area contributed by atoms with Crippen LogP contribution in [-0.4, -0.2) is 34.4 Å². The largest absolute Gasteiger partial charge is 0.366 e. The molecule has 2 N–H and O–H groups in total. The number of benzene rings is 1. The smallest absolute Gasteiger partial charge is 0.283 e. The number of nitrogens with zero attached hydrogens (tertiary/aromatic N) is 2. The van der Waals surface area contributed by atoms with Crippen LogP contribution in [0.4, 0.5) is 5.69 Å². The Hall–Kier alpha value is -2.10. The standard InChI is InChI=1S/C15H14ClN3O4S2/c1-18(7-10-3-5-13(16)25-10)14(20)8-24-12-4-2-9(15(17)21)6-11(12)19(22)23/h2-6H,7-8H2,1H3,(H2,17,21). The molecule has 0 saturated carbocycles. The Kier molecular flexibility index (Phi) is 6.40. The van der Waals surface area contributed by atoms with Crippen molar-refractivity contribution in [3.8, 4) is 0 Å². The molecule has 0 aliphatic heterocycles. The highest BCUT2D eigenvalue weighted by molar-refractivity contribution is 8.00. The third kappa shape index (κ3) is 5.18. The maximum Gasteiger partial charge on any atom is 0.283 e. The minimum atomic E-state index is -0.745. The summed E-state index contributed by atoms with van der Waals surface area (Å²) in [7, 11) is 1.65. The molecule has 0 spiro atoms. The summed E-state index contributed by atoms with van der Waals surface area (Å²) in [5, 5.41) is 11.2. The average molecular weight is 400 g/mol. The first-order valence-electron chi connectivity index (χ1n) is 6.97. The van der Waals surface area contributed by atoms with Crippen molar-refractivity contribution in [1.29, 1.82) is 0 Å². The lowest BCUT2D eigenvalue weighted by atomic mass is 10.2. The van der Waals surface area contributed by atoms with Crippen molar-refractivity contribution in [2.45, 2.75) is 11.4 Å². The summed E-state index contributed by atoms with van der Waals surface area (Å²) in [6.45, 7) is 0.416. The number of nitro benzene ring substituents is 1. The molecule has 1 heterocycles. The third-order valence-electron chi connectivity index (χ3n) is 3.24. The fourth-order valence-electron chi connectivity index (χ4n) is 1.94. The van der Waals surface area contributed by atoms with Crippen molar-refractivity contribution in [3.05, 3.63) is 55.2 Å². The van der Waals surface area contributed by atoms with E-state index in [-0.39, 0.29) is 22.9 Å². The fourth-order valence-corrected chi connectivity index (χ4v) is 4.03.